The number of rotatable bonds is 9. The summed E-state index contributed by atoms with van der Waals surface area (Å²) < 4.78 is 0. The Kier molecular flexibility index (Phi) is 7.81. The van der Waals surface area contributed by atoms with Crippen LogP contribution in [0.2, 0.25) is 0 Å². The van der Waals surface area contributed by atoms with E-state index < -0.39 is 6.04 Å². The molecule has 2 amide bonds. The van der Waals surface area contributed by atoms with E-state index in [0.717, 1.165) is 6.42 Å². The van der Waals surface area contributed by atoms with Gasteiger partial charge in [-0.05, 0) is 31.7 Å². The molecule has 6 heteroatoms. The summed E-state index contributed by atoms with van der Waals surface area (Å²) in [7, 11) is 0. The van der Waals surface area contributed by atoms with E-state index in [1.807, 2.05) is 23.7 Å². The monoisotopic (exact) mass is 374 g/mol. The summed E-state index contributed by atoms with van der Waals surface area (Å²) in [6, 6.07) is 12.0. The highest BCUT2D eigenvalue weighted by molar-refractivity contribution is 7.10. The summed E-state index contributed by atoms with van der Waals surface area (Å²) in [6.07, 6.45) is 0.874. The number of hydrogen-bond donors (Lipinski definition) is 3. The van der Waals surface area contributed by atoms with Crippen molar-refractivity contribution in [2.45, 2.75) is 39.3 Å². The van der Waals surface area contributed by atoms with Gasteiger partial charge in [0.25, 0.3) is 5.91 Å². The number of carbonyl (C=O) groups is 2. The smallest absolute Gasteiger partial charge is 0.275 e. The van der Waals surface area contributed by atoms with Crippen LogP contribution in [0.3, 0.4) is 0 Å². The van der Waals surface area contributed by atoms with Crippen molar-refractivity contribution >= 4 is 23.2 Å². The summed E-state index contributed by atoms with van der Waals surface area (Å²) in [4.78, 5) is 25.4. The van der Waals surface area contributed by atoms with Gasteiger partial charge in [0.1, 0.15) is 12.1 Å². The van der Waals surface area contributed by atoms with Crippen LogP contribution in [0.25, 0.3) is 0 Å². The fraction of sp³-hybridized carbons (Fsp3) is 0.400. The van der Waals surface area contributed by atoms with Gasteiger partial charge in [0, 0.05) is 12.1 Å². The van der Waals surface area contributed by atoms with E-state index in [1.165, 1.54) is 16.0 Å². The molecule has 2 atom stereocenters. The highest BCUT2D eigenvalue weighted by atomic mass is 32.1. The molecule has 0 saturated heterocycles. The first kappa shape index (κ1) is 20.1. The number of hydrogen-bond acceptors (Lipinski definition) is 3. The van der Waals surface area contributed by atoms with E-state index in [1.54, 1.807) is 18.3 Å². The van der Waals surface area contributed by atoms with Gasteiger partial charge in [0.15, 0.2) is 6.54 Å². The largest absolute Gasteiger partial charge is 0.354 e. The van der Waals surface area contributed by atoms with Gasteiger partial charge in [-0.25, -0.2) is 0 Å². The fourth-order valence-electron chi connectivity index (χ4n) is 2.65. The van der Waals surface area contributed by atoms with Gasteiger partial charge in [-0.3, -0.25) is 9.59 Å². The number of nitrogens with two attached hydrogens (primary N) is 1. The van der Waals surface area contributed by atoms with Crippen molar-refractivity contribution in [1.82, 2.24) is 10.6 Å². The second kappa shape index (κ2) is 10.1. The Labute approximate surface area is 159 Å². The number of quaternary nitrogens is 1. The third-order valence-corrected chi connectivity index (χ3v) is 5.10. The van der Waals surface area contributed by atoms with Crippen LogP contribution in [0.1, 0.15) is 42.3 Å². The quantitative estimate of drug-likeness (QED) is 0.625. The van der Waals surface area contributed by atoms with Crippen LogP contribution >= 0.6 is 11.3 Å². The molecule has 4 N–H and O–H groups in total. The van der Waals surface area contributed by atoms with Crippen LogP contribution in [-0.4, -0.2) is 30.9 Å². The topological polar surface area (TPSA) is 74.8 Å². The molecule has 0 fully saturated rings. The van der Waals surface area contributed by atoms with Crippen LogP contribution in [0.15, 0.2) is 41.8 Å². The molecule has 0 spiro atoms. The lowest BCUT2D eigenvalue weighted by molar-refractivity contribution is -0.676. The summed E-state index contributed by atoms with van der Waals surface area (Å²) in [5, 5.41) is 9.63. The third kappa shape index (κ3) is 5.97. The zero-order chi connectivity index (χ0) is 18.9. The zero-order valence-electron chi connectivity index (χ0n) is 15.6. The molecule has 1 heterocycles. The van der Waals surface area contributed by atoms with E-state index in [0.29, 0.717) is 6.54 Å². The summed E-state index contributed by atoms with van der Waals surface area (Å²) >= 11 is 1.68. The fourth-order valence-corrected chi connectivity index (χ4v) is 3.50. The molecule has 1 aromatic carbocycles. The van der Waals surface area contributed by atoms with Crippen molar-refractivity contribution in [3.05, 3.63) is 57.8 Å². The van der Waals surface area contributed by atoms with Crippen molar-refractivity contribution in [1.29, 1.82) is 0 Å². The first-order valence-electron chi connectivity index (χ1n) is 9.01. The molecule has 0 bridgehead atoms. The highest BCUT2D eigenvalue weighted by Crippen LogP contribution is 2.22. The van der Waals surface area contributed by atoms with Gasteiger partial charge in [-0.2, -0.15) is 0 Å². The molecular weight excluding hydrogens is 346 g/mol. The number of thiophene rings is 1. The number of nitrogens with one attached hydrogen (secondary N) is 2. The minimum absolute atomic E-state index is 0.0746. The Balaban J connectivity index is 1.95. The second-order valence-corrected chi connectivity index (χ2v) is 7.40. The number of amides is 2. The van der Waals surface area contributed by atoms with E-state index in [-0.39, 0.29) is 24.4 Å². The van der Waals surface area contributed by atoms with Crippen molar-refractivity contribution in [3.63, 3.8) is 0 Å². The van der Waals surface area contributed by atoms with Crippen LogP contribution in [-0.2, 0) is 9.59 Å². The number of aryl methyl sites for hydroxylation is 1. The molecule has 0 aliphatic carbocycles. The van der Waals surface area contributed by atoms with Crippen molar-refractivity contribution in [2.75, 3.05) is 13.1 Å². The lowest BCUT2D eigenvalue weighted by Gasteiger charge is -2.17. The second-order valence-electron chi connectivity index (χ2n) is 6.42. The predicted molar refractivity (Wildman–Crippen MR) is 105 cm³/mol. The first-order valence-corrected chi connectivity index (χ1v) is 9.89. The van der Waals surface area contributed by atoms with E-state index in [9.17, 15) is 9.59 Å². The van der Waals surface area contributed by atoms with E-state index in [2.05, 4.69) is 47.9 Å². The standard InChI is InChI=1S/C20H27N3O2S/c1-4-11-21-20(25)15(3)23-18(24)13-22-19(17-6-5-12-26-17)16-9-7-14(2)8-10-16/h5-10,12,15,19,22H,4,11,13H2,1-3H3,(H,21,25)(H,23,24)/p+1/t15-,19-/m1/s1. The Morgan fingerprint density at radius 2 is 1.92 bits per heavy atom. The maximum absolute atomic E-state index is 12.3. The average Bonchev–Trinajstić information content (AvgIpc) is 3.15. The van der Waals surface area contributed by atoms with Gasteiger partial charge in [0.05, 0.1) is 4.88 Å². The summed E-state index contributed by atoms with van der Waals surface area (Å²) in [5.74, 6) is -0.286. The number of carbonyl (C=O) groups excluding carboxylic acids is 2. The van der Waals surface area contributed by atoms with Gasteiger partial charge in [-0.15, -0.1) is 11.3 Å². The molecule has 5 nitrogen and oxygen atoms in total. The average molecular weight is 375 g/mol. The molecular formula is C20H28N3O2S+. The lowest BCUT2D eigenvalue weighted by atomic mass is 10.0. The Morgan fingerprint density at radius 3 is 2.54 bits per heavy atom. The SMILES string of the molecule is CCCNC(=O)[C@@H](C)NC(=O)C[NH2+][C@H](c1ccc(C)cc1)c1cccs1. The van der Waals surface area contributed by atoms with Crippen LogP contribution in [0.5, 0.6) is 0 Å². The summed E-state index contributed by atoms with van der Waals surface area (Å²) in [6.45, 7) is 6.65. The van der Waals surface area contributed by atoms with Crippen molar-refractivity contribution in [2.24, 2.45) is 0 Å². The minimum Gasteiger partial charge on any atom is -0.354 e. The Hall–Kier alpha value is -2.18. The molecule has 0 aliphatic heterocycles. The Morgan fingerprint density at radius 1 is 1.19 bits per heavy atom. The van der Waals surface area contributed by atoms with Gasteiger partial charge < -0.3 is 16.0 Å². The third-order valence-electron chi connectivity index (χ3n) is 4.15. The molecule has 2 aromatic rings. The molecule has 0 aliphatic rings. The number of benzene rings is 1. The molecule has 140 valence electrons. The van der Waals surface area contributed by atoms with Crippen molar-refractivity contribution in [3.8, 4) is 0 Å². The predicted octanol–water partition coefficient (Wildman–Crippen LogP) is 1.74. The maximum Gasteiger partial charge on any atom is 0.275 e. The highest BCUT2D eigenvalue weighted by Gasteiger charge is 2.21. The molecule has 0 saturated carbocycles. The van der Waals surface area contributed by atoms with Gasteiger partial charge >= 0.3 is 0 Å². The molecule has 0 unspecified atom stereocenters. The van der Waals surface area contributed by atoms with Gasteiger partial charge in [0.2, 0.25) is 5.91 Å². The van der Waals surface area contributed by atoms with E-state index >= 15 is 0 Å². The lowest BCUT2D eigenvalue weighted by Crippen LogP contribution is -2.87. The molecule has 2 rings (SSSR count). The van der Waals surface area contributed by atoms with Crippen LogP contribution in [0, 0.1) is 6.92 Å². The maximum atomic E-state index is 12.3. The van der Waals surface area contributed by atoms with Gasteiger partial charge in [-0.1, -0.05) is 42.8 Å². The Bertz CT molecular complexity index is 698. The normalized spacial score (nSPS) is 13.0. The molecule has 0 radical (unpaired) electrons. The van der Waals surface area contributed by atoms with Crippen LogP contribution in [0.4, 0.5) is 0 Å². The minimum atomic E-state index is -0.526. The summed E-state index contributed by atoms with van der Waals surface area (Å²) in [5.41, 5.74) is 2.38. The van der Waals surface area contributed by atoms with E-state index in [4.69, 9.17) is 0 Å². The van der Waals surface area contributed by atoms with Crippen LogP contribution < -0.4 is 16.0 Å². The van der Waals surface area contributed by atoms with Crippen molar-refractivity contribution < 1.29 is 14.9 Å². The molecule has 26 heavy (non-hydrogen) atoms. The zero-order valence-corrected chi connectivity index (χ0v) is 16.4. The molecule has 1 aromatic heterocycles. The first-order chi connectivity index (χ1) is 12.5.